The number of hydrogen-bond donors (Lipinski definition) is 1. The molecule has 29 heavy (non-hydrogen) atoms. The van der Waals surface area contributed by atoms with Gasteiger partial charge in [-0.1, -0.05) is 60.8 Å². The minimum absolute atomic E-state index is 0.0404. The fraction of sp³-hybridized carbons (Fsp3) is 0.417. The summed E-state index contributed by atoms with van der Waals surface area (Å²) in [6, 6.07) is 15.6. The van der Waals surface area contributed by atoms with E-state index >= 15 is 0 Å². The van der Waals surface area contributed by atoms with Crippen molar-refractivity contribution in [2.75, 3.05) is 6.61 Å². The summed E-state index contributed by atoms with van der Waals surface area (Å²) in [5, 5.41) is 4.32. The normalized spacial score (nSPS) is 26.6. The molecule has 4 nitrogen and oxygen atoms in total. The number of benzene rings is 2. The number of piperidine rings is 1. The number of Topliss-reactive ketones (excluding diaryl/α,β-unsaturated/α-hetero) is 1. The molecule has 1 heterocycles. The van der Waals surface area contributed by atoms with Crippen LogP contribution in [-0.4, -0.2) is 24.4 Å². The lowest BCUT2D eigenvalue weighted by atomic mass is 9.71. The minimum atomic E-state index is -0.782. The molecule has 4 atom stereocenters. The molecule has 1 saturated carbocycles. The second kappa shape index (κ2) is 8.68. The summed E-state index contributed by atoms with van der Waals surface area (Å²) < 4.78 is 5.28. The van der Waals surface area contributed by atoms with E-state index in [1.165, 1.54) is 0 Å². The van der Waals surface area contributed by atoms with E-state index in [-0.39, 0.29) is 30.4 Å². The molecule has 4 rings (SSSR count). The van der Waals surface area contributed by atoms with Gasteiger partial charge >= 0.3 is 5.97 Å². The number of halogens is 1. The number of esters is 1. The Labute approximate surface area is 176 Å². The molecule has 5 heteroatoms. The Morgan fingerprint density at radius 3 is 2.31 bits per heavy atom. The average Bonchev–Trinajstić information content (AvgIpc) is 2.74. The molecule has 2 fully saturated rings. The van der Waals surface area contributed by atoms with Gasteiger partial charge in [-0.15, -0.1) is 0 Å². The molecule has 0 spiro atoms. The van der Waals surface area contributed by atoms with Gasteiger partial charge in [0, 0.05) is 17.0 Å². The van der Waals surface area contributed by atoms with E-state index < -0.39 is 11.9 Å². The van der Waals surface area contributed by atoms with Gasteiger partial charge in [-0.25, -0.2) is 0 Å². The molecule has 0 bridgehead atoms. The van der Waals surface area contributed by atoms with Gasteiger partial charge in [0.25, 0.3) is 0 Å². The highest BCUT2D eigenvalue weighted by Crippen LogP contribution is 2.39. The predicted octanol–water partition coefficient (Wildman–Crippen LogP) is 4.96. The lowest BCUT2D eigenvalue weighted by Gasteiger charge is -2.43. The van der Waals surface area contributed by atoms with Crippen LogP contribution < -0.4 is 5.32 Å². The standard InChI is InChI=1S/C24H26ClNO3/c1-2-29-24(28)21-22(26-20-6-4-3-5-19(20)23(21)27)17-9-7-15(8-10-17)16-11-13-18(25)14-12-16/h7-14,19-22,26H,2-6H2,1H3. The molecule has 1 saturated heterocycles. The summed E-state index contributed by atoms with van der Waals surface area (Å²) in [5.74, 6) is -1.24. The molecule has 152 valence electrons. The van der Waals surface area contributed by atoms with Crippen molar-refractivity contribution in [3.8, 4) is 11.1 Å². The third-order valence-electron chi connectivity index (χ3n) is 6.15. The van der Waals surface area contributed by atoms with Crippen LogP contribution in [-0.2, 0) is 14.3 Å². The van der Waals surface area contributed by atoms with Crippen molar-refractivity contribution >= 4 is 23.4 Å². The number of carbonyl (C=O) groups excluding carboxylic acids is 2. The molecule has 4 unspecified atom stereocenters. The van der Waals surface area contributed by atoms with Gasteiger partial charge in [-0.3, -0.25) is 9.59 Å². The summed E-state index contributed by atoms with van der Waals surface area (Å²) in [4.78, 5) is 25.9. The monoisotopic (exact) mass is 411 g/mol. The topological polar surface area (TPSA) is 55.4 Å². The summed E-state index contributed by atoms with van der Waals surface area (Å²) in [7, 11) is 0. The number of carbonyl (C=O) groups is 2. The van der Waals surface area contributed by atoms with Crippen molar-refractivity contribution < 1.29 is 14.3 Å². The number of ether oxygens (including phenoxy) is 1. The predicted molar refractivity (Wildman–Crippen MR) is 114 cm³/mol. The van der Waals surface area contributed by atoms with Crippen molar-refractivity contribution in [3.05, 3.63) is 59.1 Å². The minimum Gasteiger partial charge on any atom is -0.465 e. The number of ketones is 1. The van der Waals surface area contributed by atoms with E-state index in [9.17, 15) is 9.59 Å². The van der Waals surface area contributed by atoms with Crippen molar-refractivity contribution in [2.45, 2.75) is 44.7 Å². The van der Waals surface area contributed by atoms with Crippen molar-refractivity contribution in [2.24, 2.45) is 11.8 Å². The highest BCUT2D eigenvalue weighted by molar-refractivity contribution is 6.30. The van der Waals surface area contributed by atoms with Gasteiger partial charge in [-0.2, -0.15) is 0 Å². The first-order valence-corrected chi connectivity index (χ1v) is 10.8. The lowest BCUT2D eigenvalue weighted by molar-refractivity contribution is -0.157. The molecule has 2 aromatic rings. The molecule has 0 radical (unpaired) electrons. The summed E-state index contributed by atoms with van der Waals surface area (Å²) >= 11 is 5.98. The molecule has 1 N–H and O–H groups in total. The first-order valence-electron chi connectivity index (χ1n) is 10.4. The Balaban J connectivity index is 1.63. The zero-order valence-corrected chi connectivity index (χ0v) is 17.3. The fourth-order valence-corrected chi connectivity index (χ4v) is 4.82. The molecule has 1 aliphatic heterocycles. The first-order chi connectivity index (χ1) is 14.1. The smallest absolute Gasteiger partial charge is 0.318 e. The van der Waals surface area contributed by atoms with Gasteiger partial charge in [0.05, 0.1) is 12.6 Å². The fourth-order valence-electron chi connectivity index (χ4n) is 4.69. The maximum Gasteiger partial charge on any atom is 0.318 e. The highest BCUT2D eigenvalue weighted by atomic mass is 35.5. The van der Waals surface area contributed by atoms with E-state index in [1.54, 1.807) is 6.92 Å². The van der Waals surface area contributed by atoms with E-state index in [4.69, 9.17) is 16.3 Å². The van der Waals surface area contributed by atoms with Gasteiger partial charge in [-0.05, 0) is 48.6 Å². The summed E-state index contributed by atoms with van der Waals surface area (Å²) in [6.07, 6.45) is 4.00. The third-order valence-corrected chi connectivity index (χ3v) is 6.40. The summed E-state index contributed by atoms with van der Waals surface area (Å²) in [6.45, 7) is 2.05. The van der Waals surface area contributed by atoms with Gasteiger partial charge in [0.2, 0.25) is 0 Å². The van der Waals surface area contributed by atoms with E-state index in [1.807, 2.05) is 48.5 Å². The van der Waals surface area contributed by atoms with E-state index in [2.05, 4.69) is 5.32 Å². The second-order valence-electron chi connectivity index (χ2n) is 7.90. The maximum atomic E-state index is 13.2. The number of rotatable bonds is 4. The van der Waals surface area contributed by atoms with Crippen LogP contribution >= 0.6 is 11.6 Å². The Morgan fingerprint density at radius 1 is 1.03 bits per heavy atom. The van der Waals surface area contributed by atoms with Crippen LogP contribution in [0.5, 0.6) is 0 Å². The lowest BCUT2D eigenvalue weighted by Crippen LogP contribution is -2.56. The molecular formula is C24H26ClNO3. The van der Waals surface area contributed by atoms with E-state index in [0.29, 0.717) is 5.02 Å². The van der Waals surface area contributed by atoms with Crippen LogP contribution in [0.25, 0.3) is 11.1 Å². The number of nitrogens with one attached hydrogen (secondary N) is 1. The van der Waals surface area contributed by atoms with Crippen LogP contribution in [0.1, 0.15) is 44.2 Å². The van der Waals surface area contributed by atoms with Crippen LogP contribution in [0.15, 0.2) is 48.5 Å². The second-order valence-corrected chi connectivity index (χ2v) is 8.34. The van der Waals surface area contributed by atoms with Crippen LogP contribution in [0.2, 0.25) is 5.02 Å². The number of hydrogen-bond acceptors (Lipinski definition) is 4. The van der Waals surface area contributed by atoms with E-state index in [0.717, 1.165) is 42.4 Å². The third kappa shape index (κ3) is 4.10. The van der Waals surface area contributed by atoms with Gasteiger partial charge in [0.1, 0.15) is 5.92 Å². The van der Waals surface area contributed by atoms with Gasteiger partial charge < -0.3 is 10.1 Å². The SMILES string of the molecule is CCOC(=O)C1C(=O)C2CCCCC2NC1c1ccc(-c2ccc(Cl)cc2)cc1. The largest absolute Gasteiger partial charge is 0.465 e. The Bertz CT molecular complexity index is 878. The maximum absolute atomic E-state index is 13.2. The number of fused-ring (bicyclic) bond motifs is 1. The van der Waals surface area contributed by atoms with Crippen LogP contribution in [0, 0.1) is 11.8 Å². The average molecular weight is 412 g/mol. The van der Waals surface area contributed by atoms with Crippen LogP contribution in [0.4, 0.5) is 0 Å². The highest BCUT2D eigenvalue weighted by Gasteiger charge is 2.48. The molecular weight excluding hydrogens is 386 g/mol. The van der Waals surface area contributed by atoms with Gasteiger partial charge in [0.15, 0.2) is 5.78 Å². The molecule has 2 aliphatic rings. The Hall–Kier alpha value is -2.17. The quantitative estimate of drug-likeness (QED) is 0.570. The molecule has 2 aromatic carbocycles. The van der Waals surface area contributed by atoms with Crippen LogP contribution in [0.3, 0.4) is 0 Å². The van der Waals surface area contributed by atoms with Crippen molar-refractivity contribution in [3.63, 3.8) is 0 Å². The zero-order chi connectivity index (χ0) is 20.4. The van der Waals surface area contributed by atoms with Crippen molar-refractivity contribution in [1.29, 1.82) is 0 Å². The first kappa shape index (κ1) is 20.1. The Kier molecular flexibility index (Phi) is 6.02. The van der Waals surface area contributed by atoms with Crippen molar-refractivity contribution in [1.82, 2.24) is 5.32 Å². The molecule has 1 aliphatic carbocycles. The summed E-state index contributed by atoms with van der Waals surface area (Å²) in [5.41, 5.74) is 3.08. The molecule has 0 amide bonds. The molecule has 0 aromatic heterocycles. The zero-order valence-electron chi connectivity index (χ0n) is 16.6. The Morgan fingerprint density at radius 2 is 1.66 bits per heavy atom.